The van der Waals surface area contributed by atoms with Gasteiger partial charge in [0.05, 0.1) is 17.2 Å². The molecular weight excluding hydrogens is 256 g/mol. The molecule has 0 aromatic carbocycles. The number of aromatic nitrogens is 3. The monoisotopic (exact) mass is 272 g/mol. The molecule has 0 unspecified atom stereocenters. The molecule has 3 rings (SSSR count). The normalized spacial score (nSPS) is 11.3. The van der Waals surface area contributed by atoms with Crippen LogP contribution in [0.5, 0.6) is 0 Å². The number of hydrogen-bond acceptors (Lipinski definition) is 4. The number of pyridine rings is 1. The predicted octanol–water partition coefficient (Wildman–Crippen LogP) is 2.35. The standard InChI is InChI=1S/C14H16N4S/c1-10-17-12(9-19-10)8-18-7-11(4-5-15)13-3-2-6-16-14(13)18/h2-3,6-7,9H,4-5,8,15H2,1H3. The van der Waals surface area contributed by atoms with E-state index in [-0.39, 0.29) is 0 Å². The van der Waals surface area contributed by atoms with Crippen molar-refractivity contribution in [3.8, 4) is 0 Å². The maximum absolute atomic E-state index is 5.68. The minimum atomic E-state index is 0.657. The van der Waals surface area contributed by atoms with E-state index in [4.69, 9.17) is 5.73 Å². The number of nitrogens with two attached hydrogens (primary N) is 1. The Balaban J connectivity index is 2.03. The fourth-order valence-corrected chi connectivity index (χ4v) is 2.93. The van der Waals surface area contributed by atoms with Gasteiger partial charge < -0.3 is 10.3 Å². The van der Waals surface area contributed by atoms with Crippen molar-refractivity contribution in [2.24, 2.45) is 5.73 Å². The highest BCUT2D eigenvalue weighted by molar-refractivity contribution is 7.09. The van der Waals surface area contributed by atoms with E-state index in [0.29, 0.717) is 6.54 Å². The van der Waals surface area contributed by atoms with Gasteiger partial charge in [0, 0.05) is 23.2 Å². The Bertz CT molecular complexity index is 698. The SMILES string of the molecule is Cc1nc(Cn2cc(CCN)c3cccnc32)cs1. The molecule has 0 spiro atoms. The van der Waals surface area contributed by atoms with Crippen LogP contribution < -0.4 is 5.73 Å². The van der Waals surface area contributed by atoms with E-state index in [2.05, 4.69) is 32.2 Å². The van der Waals surface area contributed by atoms with Gasteiger partial charge in [-0.25, -0.2) is 9.97 Å². The lowest BCUT2D eigenvalue weighted by Crippen LogP contribution is -2.02. The van der Waals surface area contributed by atoms with Gasteiger partial charge in [0.1, 0.15) is 5.65 Å². The first-order chi connectivity index (χ1) is 9.28. The molecule has 0 atom stereocenters. The highest BCUT2D eigenvalue weighted by Crippen LogP contribution is 2.21. The summed E-state index contributed by atoms with van der Waals surface area (Å²) in [7, 11) is 0. The van der Waals surface area contributed by atoms with Gasteiger partial charge in [-0.1, -0.05) is 0 Å². The zero-order valence-corrected chi connectivity index (χ0v) is 11.7. The summed E-state index contributed by atoms with van der Waals surface area (Å²) >= 11 is 1.68. The summed E-state index contributed by atoms with van der Waals surface area (Å²) in [4.78, 5) is 9.00. The molecule has 0 radical (unpaired) electrons. The molecule has 0 fully saturated rings. The van der Waals surface area contributed by atoms with Crippen LogP contribution in [0.15, 0.2) is 29.9 Å². The van der Waals surface area contributed by atoms with E-state index >= 15 is 0 Å². The molecule has 0 aliphatic heterocycles. The van der Waals surface area contributed by atoms with Gasteiger partial charge in [-0.3, -0.25) is 0 Å². The fourth-order valence-electron chi connectivity index (χ4n) is 2.33. The molecule has 5 heteroatoms. The number of rotatable bonds is 4. The lowest BCUT2D eigenvalue weighted by Gasteiger charge is -2.01. The maximum atomic E-state index is 5.68. The summed E-state index contributed by atoms with van der Waals surface area (Å²) in [6.45, 7) is 3.45. The molecule has 3 aromatic heterocycles. The number of fused-ring (bicyclic) bond motifs is 1. The Kier molecular flexibility index (Phi) is 3.31. The van der Waals surface area contributed by atoms with E-state index in [1.807, 2.05) is 19.2 Å². The van der Waals surface area contributed by atoms with Crippen molar-refractivity contribution in [3.63, 3.8) is 0 Å². The van der Waals surface area contributed by atoms with Gasteiger partial charge in [0.25, 0.3) is 0 Å². The van der Waals surface area contributed by atoms with E-state index in [9.17, 15) is 0 Å². The summed E-state index contributed by atoms with van der Waals surface area (Å²) in [6, 6.07) is 4.08. The molecule has 19 heavy (non-hydrogen) atoms. The van der Waals surface area contributed by atoms with Crippen LogP contribution in [0, 0.1) is 6.92 Å². The summed E-state index contributed by atoms with van der Waals surface area (Å²) in [6.07, 6.45) is 4.86. The average Bonchev–Trinajstić information content (AvgIpc) is 2.97. The van der Waals surface area contributed by atoms with Crippen LogP contribution >= 0.6 is 11.3 Å². The Morgan fingerprint density at radius 3 is 3.05 bits per heavy atom. The van der Waals surface area contributed by atoms with E-state index in [1.165, 1.54) is 10.9 Å². The number of nitrogens with zero attached hydrogens (tertiary/aromatic N) is 3. The molecule has 0 saturated heterocycles. The minimum Gasteiger partial charge on any atom is -0.330 e. The first-order valence-corrected chi connectivity index (χ1v) is 7.19. The van der Waals surface area contributed by atoms with Gasteiger partial charge in [-0.2, -0.15) is 0 Å². The van der Waals surface area contributed by atoms with Gasteiger partial charge in [-0.05, 0) is 37.6 Å². The molecule has 2 N–H and O–H groups in total. The van der Waals surface area contributed by atoms with Crippen LogP contribution in [0.3, 0.4) is 0 Å². The highest BCUT2D eigenvalue weighted by atomic mass is 32.1. The Labute approximate surface area is 115 Å². The molecule has 98 valence electrons. The van der Waals surface area contributed by atoms with Crippen LogP contribution in [0.4, 0.5) is 0 Å². The van der Waals surface area contributed by atoms with Crippen molar-refractivity contribution in [1.29, 1.82) is 0 Å². The first kappa shape index (κ1) is 12.3. The second-order valence-corrected chi connectivity index (χ2v) is 5.62. The predicted molar refractivity (Wildman–Crippen MR) is 78.4 cm³/mol. The largest absolute Gasteiger partial charge is 0.330 e. The van der Waals surface area contributed by atoms with Crippen LogP contribution in [0.25, 0.3) is 11.0 Å². The summed E-state index contributed by atoms with van der Waals surface area (Å²) < 4.78 is 2.16. The molecular formula is C14H16N4S. The first-order valence-electron chi connectivity index (χ1n) is 6.31. The van der Waals surface area contributed by atoms with Crippen molar-refractivity contribution in [2.45, 2.75) is 19.9 Å². The third kappa shape index (κ3) is 2.39. The molecule has 3 aromatic rings. The second-order valence-electron chi connectivity index (χ2n) is 4.55. The van der Waals surface area contributed by atoms with Crippen molar-refractivity contribution in [3.05, 3.63) is 46.2 Å². The Morgan fingerprint density at radius 2 is 2.32 bits per heavy atom. The van der Waals surface area contributed by atoms with Crippen LogP contribution in [-0.4, -0.2) is 21.1 Å². The molecule has 0 bridgehead atoms. The molecule has 0 aliphatic carbocycles. The van der Waals surface area contributed by atoms with Gasteiger partial charge >= 0.3 is 0 Å². The summed E-state index contributed by atoms with van der Waals surface area (Å²) in [5.41, 5.74) is 9.04. The number of hydrogen-bond donors (Lipinski definition) is 1. The van der Waals surface area contributed by atoms with Crippen LogP contribution in [0.1, 0.15) is 16.3 Å². The smallest absolute Gasteiger partial charge is 0.140 e. The molecule has 3 heterocycles. The zero-order valence-electron chi connectivity index (χ0n) is 10.8. The molecule has 0 aliphatic rings. The Hall–Kier alpha value is -1.72. The highest BCUT2D eigenvalue weighted by Gasteiger charge is 2.10. The van der Waals surface area contributed by atoms with E-state index in [0.717, 1.165) is 29.3 Å². The second kappa shape index (κ2) is 5.11. The van der Waals surface area contributed by atoms with Crippen LogP contribution in [-0.2, 0) is 13.0 Å². The average molecular weight is 272 g/mol. The summed E-state index contributed by atoms with van der Waals surface area (Å²) in [5.74, 6) is 0. The van der Waals surface area contributed by atoms with Crippen molar-refractivity contribution in [2.75, 3.05) is 6.54 Å². The lowest BCUT2D eigenvalue weighted by atomic mass is 10.2. The van der Waals surface area contributed by atoms with Gasteiger partial charge in [-0.15, -0.1) is 11.3 Å². The molecule has 0 amide bonds. The van der Waals surface area contributed by atoms with Crippen LogP contribution in [0.2, 0.25) is 0 Å². The third-order valence-electron chi connectivity index (χ3n) is 3.13. The third-order valence-corrected chi connectivity index (χ3v) is 3.95. The van der Waals surface area contributed by atoms with Crippen molar-refractivity contribution in [1.82, 2.24) is 14.5 Å². The summed E-state index contributed by atoms with van der Waals surface area (Å²) in [5, 5.41) is 4.40. The van der Waals surface area contributed by atoms with E-state index in [1.54, 1.807) is 11.3 Å². The van der Waals surface area contributed by atoms with Gasteiger partial charge in [0.15, 0.2) is 0 Å². The van der Waals surface area contributed by atoms with E-state index < -0.39 is 0 Å². The van der Waals surface area contributed by atoms with Gasteiger partial charge in [0.2, 0.25) is 0 Å². The number of thiazole rings is 1. The maximum Gasteiger partial charge on any atom is 0.140 e. The van der Waals surface area contributed by atoms with Crippen molar-refractivity contribution >= 4 is 22.4 Å². The Morgan fingerprint density at radius 1 is 1.42 bits per heavy atom. The molecule has 0 saturated carbocycles. The molecule has 4 nitrogen and oxygen atoms in total. The minimum absolute atomic E-state index is 0.657. The van der Waals surface area contributed by atoms with Crippen molar-refractivity contribution < 1.29 is 0 Å². The number of aryl methyl sites for hydroxylation is 1. The zero-order chi connectivity index (χ0) is 13.2. The lowest BCUT2D eigenvalue weighted by molar-refractivity contribution is 0.795. The topological polar surface area (TPSA) is 56.7 Å². The fraction of sp³-hybridized carbons (Fsp3) is 0.286. The quantitative estimate of drug-likeness (QED) is 0.793.